The third-order valence-corrected chi connectivity index (χ3v) is 1.22. The Morgan fingerprint density at radius 1 is 1.60 bits per heavy atom. The average Bonchev–Trinajstić information content (AvgIpc) is 1.38. The topological polar surface area (TPSA) is 0 Å². The summed E-state index contributed by atoms with van der Waals surface area (Å²) in [7, 11) is 3.35. The van der Waals surface area contributed by atoms with Crippen molar-refractivity contribution in [1.82, 2.24) is 0 Å². The fourth-order valence-corrected chi connectivity index (χ4v) is 0. The van der Waals surface area contributed by atoms with Gasteiger partial charge in [0.25, 0.3) is 0 Å². The van der Waals surface area contributed by atoms with Crippen LogP contribution in [0.5, 0.6) is 0 Å². The van der Waals surface area contributed by atoms with E-state index in [0.29, 0.717) is 0 Å². The van der Waals surface area contributed by atoms with Crippen LogP contribution in [0.1, 0.15) is 13.8 Å². The normalized spacial score (nSPS) is 9.80. The molecule has 5 heavy (non-hydrogen) atoms. The molecule has 0 unspecified atom stereocenters. The third kappa shape index (κ3) is 4.22. The molecule has 0 saturated heterocycles. The molecule has 0 radical (unpaired) electrons. The van der Waals surface area contributed by atoms with Crippen LogP contribution < -0.4 is 0 Å². The molecule has 0 N–H and O–H groups in total. The van der Waals surface area contributed by atoms with Crippen molar-refractivity contribution in [2.45, 2.75) is 19.9 Å². The van der Waals surface area contributed by atoms with E-state index < -0.39 is 0 Å². The van der Waals surface area contributed by atoms with E-state index in [9.17, 15) is 0 Å². The molecule has 0 aliphatic carbocycles. The third-order valence-electron chi connectivity index (χ3n) is 0.408. The van der Waals surface area contributed by atoms with E-state index in [0.717, 1.165) is 12.0 Å². The first-order valence-corrected chi connectivity index (χ1v) is 2.62. The Morgan fingerprint density at radius 2 is 1.80 bits per heavy atom. The monoisotopic (exact) mass is 85.0 g/mol. The summed E-state index contributed by atoms with van der Waals surface area (Å²) in [6.07, 6.45) is 0. The van der Waals surface area contributed by atoms with Crippen LogP contribution in [0.3, 0.4) is 0 Å². The molecule has 0 rings (SSSR count). The zero-order chi connectivity index (χ0) is 4.28. The quantitative estimate of drug-likeness (QED) is 0.420. The Morgan fingerprint density at radius 3 is 1.80 bits per heavy atom. The van der Waals surface area contributed by atoms with Crippen LogP contribution in [-0.2, 0) is 0 Å². The Balaban J connectivity index is 2.54. The van der Waals surface area contributed by atoms with Gasteiger partial charge in [-0.25, -0.2) is 0 Å². The number of hydrogen-bond donors (Lipinski definition) is 0. The second-order valence-electron chi connectivity index (χ2n) is 1.60. The van der Waals surface area contributed by atoms with Gasteiger partial charge in [-0.05, 0) is 0 Å². The van der Waals surface area contributed by atoms with Crippen molar-refractivity contribution < 1.29 is 0 Å². The minimum absolute atomic E-state index is 0.798. The number of rotatable bonds is 1. The summed E-state index contributed by atoms with van der Waals surface area (Å²) in [5.41, 5.74) is 0. The van der Waals surface area contributed by atoms with E-state index in [1.165, 1.54) is 0 Å². The van der Waals surface area contributed by atoms with E-state index in [-0.39, 0.29) is 0 Å². The van der Waals surface area contributed by atoms with E-state index in [2.05, 4.69) is 24.1 Å². The van der Waals surface area contributed by atoms with Crippen molar-refractivity contribution in [3.8, 4) is 0 Å². The first-order chi connectivity index (χ1) is 2.27. The van der Waals surface area contributed by atoms with Crippen LogP contribution in [-0.4, -0.2) is 10.2 Å². The summed E-state index contributed by atoms with van der Waals surface area (Å²) in [4.78, 5) is 0. The first kappa shape index (κ1) is 5.22. The van der Waals surface area contributed by atoms with E-state index in [1.54, 1.807) is 0 Å². The first-order valence-electron chi connectivity index (χ1n) is 1.92. The van der Waals surface area contributed by atoms with Gasteiger partial charge in [0.1, 0.15) is 0 Å². The molecule has 1 heteroatoms. The molecule has 0 spiro atoms. The zero-order valence-electron chi connectivity index (χ0n) is 3.78. The summed E-state index contributed by atoms with van der Waals surface area (Å²) in [6.45, 7) is 4.35. The summed E-state index contributed by atoms with van der Waals surface area (Å²) in [5, 5.41) is 0. The molecule has 0 heterocycles. The van der Waals surface area contributed by atoms with Gasteiger partial charge in [0.05, 0.1) is 0 Å². The maximum atomic E-state index is 3.35. The molecule has 0 saturated carbocycles. The van der Waals surface area contributed by atoms with Crippen LogP contribution in [0, 0.1) is 5.92 Å². The molecule has 0 aromatic heterocycles. The van der Waals surface area contributed by atoms with Crippen LogP contribution in [0.15, 0.2) is 0 Å². The second kappa shape index (κ2) is 2.45. The summed E-state index contributed by atoms with van der Waals surface area (Å²) < 4.78 is 0. The van der Waals surface area contributed by atoms with Gasteiger partial charge in [0.15, 0.2) is 0 Å². The van der Waals surface area contributed by atoms with Gasteiger partial charge in [-0.15, -0.1) is 0 Å². The van der Waals surface area contributed by atoms with Crippen molar-refractivity contribution in [2.75, 3.05) is 0 Å². The van der Waals surface area contributed by atoms with Gasteiger partial charge >= 0.3 is 36.1 Å². The average molecular weight is 85.2 g/mol. The maximum absolute atomic E-state index is 3.35. The minimum atomic E-state index is 0.798. The van der Waals surface area contributed by atoms with E-state index in [1.807, 2.05) is 0 Å². The van der Waals surface area contributed by atoms with Crippen molar-refractivity contribution in [3.63, 3.8) is 0 Å². The predicted molar refractivity (Wildman–Crippen MR) is 25.4 cm³/mol. The Kier molecular flexibility index (Phi) is 2.56. The van der Waals surface area contributed by atoms with Gasteiger partial charge < -0.3 is 0 Å². The molecule has 0 aliphatic rings. The molecule has 0 aromatic rings. The van der Waals surface area contributed by atoms with Crippen LogP contribution in [0.25, 0.3) is 0 Å². The van der Waals surface area contributed by atoms with Crippen LogP contribution in [0.4, 0.5) is 0 Å². The fourth-order valence-electron chi connectivity index (χ4n) is 0. The molecule has 0 amide bonds. The molecule has 26 valence electrons. The fraction of sp³-hybridized carbons (Fsp3) is 1.00. The molecular formula is C4H9Si+3. The SMILES string of the molecule is CC(C)C[Si+3]. The Bertz CT molecular complexity index is 17.6. The van der Waals surface area contributed by atoms with E-state index in [4.69, 9.17) is 0 Å². The molecule has 0 aromatic carbocycles. The predicted octanol–water partition coefficient (Wildman–Crippen LogP) is 1.23. The molecule has 0 nitrogen and oxygen atoms in total. The van der Waals surface area contributed by atoms with Gasteiger partial charge in [-0.1, -0.05) is 0 Å². The van der Waals surface area contributed by atoms with Crippen molar-refractivity contribution in [2.24, 2.45) is 5.92 Å². The molecule has 0 atom stereocenters. The van der Waals surface area contributed by atoms with Gasteiger partial charge in [-0.2, -0.15) is 0 Å². The Labute approximate surface area is 37.0 Å². The zero-order valence-corrected chi connectivity index (χ0v) is 4.78. The van der Waals surface area contributed by atoms with Gasteiger partial charge in [0, 0.05) is 0 Å². The second-order valence-corrected chi connectivity index (χ2v) is 2.01. The van der Waals surface area contributed by atoms with E-state index >= 15 is 0 Å². The van der Waals surface area contributed by atoms with Gasteiger partial charge in [0.2, 0.25) is 0 Å². The molecule has 0 fully saturated rings. The van der Waals surface area contributed by atoms with Crippen molar-refractivity contribution >= 4 is 10.2 Å². The summed E-state index contributed by atoms with van der Waals surface area (Å²) in [6, 6.07) is 1.11. The summed E-state index contributed by atoms with van der Waals surface area (Å²) >= 11 is 0. The summed E-state index contributed by atoms with van der Waals surface area (Å²) in [5.74, 6) is 0.798. The molecule has 0 bridgehead atoms. The Hall–Kier alpha value is 0.217. The molecule has 0 aliphatic heterocycles. The number of hydrogen-bond acceptors (Lipinski definition) is 0. The van der Waals surface area contributed by atoms with Gasteiger partial charge in [-0.3, -0.25) is 0 Å². The van der Waals surface area contributed by atoms with Crippen molar-refractivity contribution in [3.05, 3.63) is 0 Å². The van der Waals surface area contributed by atoms with Crippen molar-refractivity contribution in [1.29, 1.82) is 0 Å². The van der Waals surface area contributed by atoms with Crippen LogP contribution >= 0.6 is 0 Å². The standard InChI is InChI=1S/C4H9Si/c1-4(2)3-5/h4H,3H2,1-2H3/q+3. The van der Waals surface area contributed by atoms with Crippen LogP contribution in [0.2, 0.25) is 6.04 Å². The molecular weight excluding hydrogens is 76.1 g/mol.